The maximum Gasteiger partial charge on any atom is 0.226 e. The fourth-order valence-corrected chi connectivity index (χ4v) is 3.61. The third-order valence-corrected chi connectivity index (χ3v) is 5.41. The van der Waals surface area contributed by atoms with Crippen LogP contribution >= 0.6 is 23.2 Å². The summed E-state index contributed by atoms with van der Waals surface area (Å²) in [7, 11) is 1.74. The molecule has 2 unspecified atom stereocenters. The van der Waals surface area contributed by atoms with Gasteiger partial charge in [0.05, 0.1) is 16.1 Å². The molecule has 3 nitrogen and oxygen atoms in total. The zero-order chi connectivity index (χ0) is 15.0. The zero-order valence-corrected chi connectivity index (χ0v) is 13.5. The summed E-state index contributed by atoms with van der Waals surface area (Å²) in [5, 5.41) is 1.16. The summed E-state index contributed by atoms with van der Waals surface area (Å²) in [5.74, 6) is 0.550. The topological polar surface area (TPSA) is 29.5 Å². The van der Waals surface area contributed by atoms with Crippen molar-refractivity contribution in [3.05, 3.63) is 33.8 Å². The Morgan fingerprint density at radius 2 is 2.00 bits per heavy atom. The van der Waals surface area contributed by atoms with Crippen molar-refractivity contribution >= 4 is 29.1 Å². The Bertz CT molecular complexity index is 541. The van der Waals surface area contributed by atoms with Gasteiger partial charge >= 0.3 is 0 Å². The summed E-state index contributed by atoms with van der Waals surface area (Å²) in [4.78, 5) is 14.5. The third kappa shape index (κ3) is 3.05. The lowest BCUT2D eigenvalue weighted by Gasteiger charge is -2.31. The van der Waals surface area contributed by atoms with E-state index in [-0.39, 0.29) is 17.7 Å². The van der Waals surface area contributed by atoms with Crippen LogP contribution in [-0.4, -0.2) is 37.1 Å². The normalized spacial score (nSPS) is 26.0. The number of hydrogen-bond acceptors (Lipinski definition) is 2. The SMILES string of the molecule is COC1CCN(C(=O)C2CC2c2cccc(Cl)c2Cl)CC1. The van der Waals surface area contributed by atoms with Crippen molar-refractivity contribution in [1.82, 2.24) is 4.90 Å². The molecule has 1 aliphatic carbocycles. The Balaban J connectivity index is 1.63. The van der Waals surface area contributed by atoms with Gasteiger partial charge in [-0.05, 0) is 36.8 Å². The van der Waals surface area contributed by atoms with E-state index in [1.807, 2.05) is 17.0 Å². The highest BCUT2D eigenvalue weighted by Crippen LogP contribution is 2.51. The lowest BCUT2D eigenvalue weighted by Crippen LogP contribution is -2.41. The number of halogens is 2. The van der Waals surface area contributed by atoms with Gasteiger partial charge in [-0.1, -0.05) is 35.3 Å². The number of benzene rings is 1. The minimum Gasteiger partial charge on any atom is -0.381 e. The predicted molar refractivity (Wildman–Crippen MR) is 83.9 cm³/mol. The highest BCUT2D eigenvalue weighted by molar-refractivity contribution is 6.42. The van der Waals surface area contributed by atoms with Crippen LogP contribution in [0.15, 0.2) is 18.2 Å². The monoisotopic (exact) mass is 327 g/mol. The average Bonchev–Trinajstić information content (AvgIpc) is 3.30. The van der Waals surface area contributed by atoms with E-state index < -0.39 is 0 Å². The van der Waals surface area contributed by atoms with Gasteiger partial charge in [-0.2, -0.15) is 0 Å². The van der Waals surface area contributed by atoms with E-state index in [1.54, 1.807) is 13.2 Å². The van der Waals surface area contributed by atoms with Crippen LogP contribution in [0.3, 0.4) is 0 Å². The van der Waals surface area contributed by atoms with Crippen molar-refractivity contribution in [2.24, 2.45) is 5.92 Å². The Labute approximate surface area is 135 Å². The van der Waals surface area contributed by atoms with Crippen molar-refractivity contribution in [3.8, 4) is 0 Å². The molecule has 1 aromatic rings. The minimum absolute atomic E-state index is 0.0695. The molecule has 1 saturated heterocycles. The number of piperidine rings is 1. The second-order valence-corrected chi connectivity index (χ2v) is 6.64. The van der Waals surface area contributed by atoms with Gasteiger partial charge < -0.3 is 9.64 Å². The van der Waals surface area contributed by atoms with Crippen molar-refractivity contribution in [1.29, 1.82) is 0 Å². The second kappa shape index (κ2) is 6.15. The van der Waals surface area contributed by atoms with Crippen LogP contribution in [0.5, 0.6) is 0 Å². The number of rotatable bonds is 3. The lowest BCUT2D eigenvalue weighted by molar-refractivity contribution is -0.135. The van der Waals surface area contributed by atoms with Gasteiger partial charge in [0, 0.05) is 26.1 Å². The molecule has 1 aliphatic heterocycles. The molecule has 0 bridgehead atoms. The van der Waals surface area contributed by atoms with Crippen molar-refractivity contribution < 1.29 is 9.53 Å². The third-order valence-electron chi connectivity index (χ3n) is 4.58. The molecular formula is C16H19Cl2NO2. The maximum absolute atomic E-state index is 12.5. The molecule has 0 aromatic heterocycles. The maximum atomic E-state index is 12.5. The number of carbonyl (C=O) groups is 1. The Morgan fingerprint density at radius 1 is 1.29 bits per heavy atom. The number of carbonyl (C=O) groups excluding carboxylic acids is 1. The molecule has 1 aromatic carbocycles. The minimum atomic E-state index is 0.0695. The van der Waals surface area contributed by atoms with Gasteiger partial charge in [0.1, 0.15) is 0 Å². The van der Waals surface area contributed by atoms with Crippen LogP contribution in [0.2, 0.25) is 10.0 Å². The molecule has 1 heterocycles. The largest absolute Gasteiger partial charge is 0.381 e. The lowest BCUT2D eigenvalue weighted by atomic mass is 10.1. The van der Waals surface area contributed by atoms with E-state index in [0.29, 0.717) is 16.1 Å². The van der Waals surface area contributed by atoms with Gasteiger partial charge in [-0.3, -0.25) is 4.79 Å². The summed E-state index contributed by atoms with van der Waals surface area (Å²) in [6.07, 6.45) is 3.03. The highest BCUT2D eigenvalue weighted by atomic mass is 35.5. The molecule has 1 amide bonds. The molecule has 0 N–H and O–H groups in total. The average molecular weight is 328 g/mol. The van der Waals surface area contributed by atoms with E-state index in [4.69, 9.17) is 27.9 Å². The van der Waals surface area contributed by atoms with E-state index in [0.717, 1.165) is 37.9 Å². The standard InChI is InChI=1S/C16H19Cl2NO2/c1-21-10-5-7-19(8-6-10)16(20)13-9-12(13)11-3-2-4-14(17)15(11)18/h2-4,10,12-13H,5-9H2,1H3. The van der Waals surface area contributed by atoms with E-state index in [9.17, 15) is 4.79 Å². The summed E-state index contributed by atoms with van der Waals surface area (Å²) in [6.45, 7) is 1.59. The Hall–Kier alpha value is -0.770. The molecular weight excluding hydrogens is 309 g/mol. The summed E-state index contributed by atoms with van der Waals surface area (Å²) in [6, 6.07) is 5.65. The van der Waals surface area contributed by atoms with Gasteiger partial charge in [-0.15, -0.1) is 0 Å². The molecule has 0 spiro atoms. The molecule has 0 radical (unpaired) electrons. The Morgan fingerprint density at radius 3 is 2.67 bits per heavy atom. The molecule has 3 rings (SSSR count). The zero-order valence-electron chi connectivity index (χ0n) is 12.0. The van der Waals surface area contributed by atoms with Crippen molar-refractivity contribution in [2.75, 3.05) is 20.2 Å². The molecule has 5 heteroatoms. The van der Waals surface area contributed by atoms with Crippen LogP contribution in [0.1, 0.15) is 30.7 Å². The first-order valence-corrected chi connectivity index (χ1v) is 8.13. The molecule has 21 heavy (non-hydrogen) atoms. The first-order chi connectivity index (χ1) is 10.1. The number of likely N-dealkylation sites (tertiary alicyclic amines) is 1. The number of nitrogens with zero attached hydrogens (tertiary/aromatic N) is 1. The fourth-order valence-electron chi connectivity index (χ4n) is 3.16. The summed E-state index contributed by atoms with van der Waals surface area (Å²) < 4.78 is 5.34. The number of methoxy groups -OCH3 is 1. The van der Waals surface area contributed by atoms with Crippen LogP contribution in [-0.2, 0) is 9.53 Å². The van der Waals surface area contributed by atoms with Gasteiger partial charge in [-0.25, -0.2) is 0 Å². The molecule has 2 atom stereocenters. The first kappa shape index (κ1) is 15.1. The van der Waals surface area contributed by atoms with Crippen LogP contribution in [0.4, 0.5) is 0 Å². The first-order valence-electron chi connectivity index (χ1n) is 7.37. The Kier molecular flexibility index (Phi) is 4.43. The van der Waals surface area contributed by atoms with Gasteiger partial charge in [0.2, 0.25) is 5.91 Å². The fraction of sp³-hybridized carbons (Fsp3) is 0.562. The smallest absolute Gasteiger partial charge is 0.226 e. The van der Waals surface area contributed by atoms with Crippen LogP contribution in [0.25, 0.3) is 0 Å². The van der Waals surface area contributed by atoms with Crippen LogP contribution in [0, 0.1) is 5.92 Å². The van der Waals surface area contributed by atoms with Crippen molar-refractivity contribution in [2.45, 2.75) is 31.3 Å². The molecule has 2 aliphatic rings. The predicted octanol–water partition coefficient (Wildman–Crippen LogP) is 3.73. The quantitative estimate of drug-likeness (QED) is 0.846. The van der Waals surface area contributed by atoms with Gasteiger partial charge in [0.15, 0.2) is 0 Å². The van der Waals surface area contributed by atoms with E-state index in [2.05, 4.69) is 0 Å². The molecule has 2 fully saturated rings. The number of hydrogen-bond donors (Lipinski definition) is 0. The summed E-state index contributed by atoms with van der Waals surface area (Å²) >= 11 is 12.3. The van der Waals surface area contributed by atoms with Crippen LogP contribution < -0.4 is 0 Å². The van der Waals surface area contributed by atoms with E-state index >= 15 is 0 Å². The molecule has 114 valence electrons. The second-order valence-electron chi connectivity index (χ2n) is 5.85. The molecule has 1 saturated carbocycles. The van der Waals surface area contributed by atoms with Gasteiger partial charge in [0.25, 0.3) is 0 Å². The number of ether oxygens (including phenoxy) is 1. The number of amides is 1. The van der Waals surface area contributed by atoms with Crippen molar-refractivity contribution in [3.63, 3.8) is 0 Å². The summed E-state index contributed by atoms with van der Waals surface area (Å²) in [5.41, 5.74) is 1.01. The van der Waals surface area contributed by atoms with E-state index in [1.165, 1.54) is 0 Å². The highest BCUT2D eigenvalue weighted by Gasteiger charge is 2.47.